The van der Waals surface area contributed by atoms with Gasteiger partial charge in [-0.3, -0.25) is 4.90 Å². The second-order valence-electron chi connectivity index (χ2n) is 8.07. The van der Waals surface area contributed by atoms with Crippen molar-refractivity contribution in [2.24, 2.45) is 0 Å². The van der Waals surface area contributed by atoms with Crippen LogP contribution in [-0.4, -0.2) is 22.6 Å². The minimum atomic E-state index is -0.471. The van der Waals surface area contributed by atoms with Gasteiger partial charge in [0.1, 0.15) is 5.60 Å². The SMILES string of the molecule is CC(C)(C)OC(=O)N1Cc2ccc3ccccc3c2[C@@H]2C=CCC[C@@H]21. The molecule has 1 aliphatic carbocycles. The van der Waals surface area contributed by atoms with Crippen LogP contribution in [-0.2, 0) is 11.3 Å². The molecule has 0 spiro atoms. The average molecular weight is 335 g/mol. The molecule has 2 aromatic carbocycles. The van der Waals surface area contributed by atoms with Gasteiger partial charge in [-0.25, -0.2) is 4.79 Å². The number of ether oxygens (including phenoxy) is 1. The molecule has 1 amide bonds. The first kappa shape index (κ1) is 16.2. The summed E-state index contributed by atoms with van der Waals surface area (Å²) in [5, 5.41) is 2.58. The van der Waals surface area contributed by atoms with Crippen molar-refractivity contribution < 1.29 is 9.53 Å². The lowest BCUT2D eigenvalue weighted by molar-refractivity contribution is 0.00873. The second kappa shape index (κ2) is 5.91. The number of fused-ring (bicyclic) bond motifs is 5. The maximum absolute atomic E-state index is 12.8. The van der Waals surface area contributed by atoms with E-state index in [4.69, 9.17) is 4.74 Å². The lowest BCUT2D eigenvalue weighted by Gasteiger charge is -2.43. The number of hydrogen-bond donors (Lipinski definition) is 0. The van der Waals surface area contributed by atoms with Crippen LogP contribution >= 0.6 is 0 Å². The third-order valence-corrected chi connectivity index (χ3v) is 5.15. The summed E-state index contributed by atoms with van der Waals surface area (Å²) in [5.74, 6) is 0.246. The molecule has 0 aromatic heterocycles. The summed E-state index contributed by atoms with van der Waals surface area (Å²) in [5.41, 5.74) is 2.15. The highest BCUT2D eigenvalue weighted by molar-refractivity contribution is 5.88. The molecule has 2 atom stereocenters. The first-order chi connectivity index (χ1) is 11.9. The molecule has 2 aromatic rings. The molecule has 1 heterocycles. The zero-order chi connectivity index (χ0) is 17.6. The maximum Gasteiger partial charge on any atom is 0.410 e. The molecule has 0 fully saturated rings. The van der Waals surface area contributed by atoms with Crippen LogP contribution in [0.2, 0.25) is 0 Å². The van der Waals surface area contributed by atoms with Crippen molar-refractivity contribution in [2.45, 2.75) is 57.7 Å². The van der Waals surface area contributed by atoms with E-state index >= 15 is 0 Å². The summed E-state index contributed by atoms with van der Waals surface area (Å²) in [6.07, 6.45) is 6.35. The van der Waals surface area contributed by atoms with Crippen molar-refractivity contribution in [1.82, 2.24) is 4.90 Å². The van der Waals surface area contributed by atoms with Gasteiger partial charge < -0.3 is 4.74 Å². The Hall–Kier alpha value is -2.29. The van der Waals surface area contributed by atoms with Crippen LogP contribution in [0.15, 0.2) is 48.6 Å². The Morgan fingerprint density at radius 3 is 2.76 bits per heavy atom. The normalized spacial score (nSPS) is 22.4. The predicted molar refractivity (Wildman–Crippen MR) is 101 cm³/mol. The van der Waals surface area contributed by atoms with Gasteiger partial charge >= 0.3 is 6.09 Å². The summed E-state index contributed by atoms with van der Waals surface area (Å²) in [6, 6.07) is 13.1. The number of carbonyl (C=O) groups excluding carboxylic acids is 1. The van der Waals surface area contributed by atoms with Gasteiger partial charge in [0, 0.05) is 18.5 Å². The monoisotopic (exact) mass is 335 g/mol. The van der Waals surface area contributed by atoms with E-state index in [1.165, 1.54) is 21.9 Å². The van der Waals surface area contributed by atoms with E-state index in [2.05, 4.69) is 48.6 Å². The molecule has 0 N–H and O–H groups in total. The zero-order valence-corrected chi connectivity index (χ0v) is 15.2. The largest absolute Gasteiger partial charge is 0.444 e. The molecule has 0 saturated heterocycles. The predicted octanol–water partition coefficient (Wildman–Crippen LogP) is 5.39. The average Bonchev–Trinajstić information content (AvgIpc) is 2.59. The highest BCUT2D eigenvalue weighted by atomic mass is 16.6. The molecular formula is C22H25NO2. The molecule has 1 aliphatic heterocycles. The Bertz CT molecular complexity index is 847. The minimum absolute atomic E-state index is 0.179. The molecule has 4 rings (SSSR count). The number of nitrogens with zero attached hydrogens (tertiary/aromatic N) is 1. The van der Waals surface area contributed by atoms with Crippen LogP contribution in [0.4, 0.5) is 4.79 Å². The molecule has 3 nitrogen and oxygen atoms in total. The molecule has 130 valence electrons. The Kier molecular flexibility index (Phi) is 3.82. The Morgan fingerprint density at radius 2 is 1.96 bits per heavy atom. The van der Waals surface area contributed by atoms with Crippen LogP contribution in [0.25, 0.3) is 10.8 Å². The van der Waals surface area contributed by atoms with Gasteiger partial charge in [-0.1, -0.05) is 48.6 Å². The van der Waals surface area contributed by atoms with Crippen molar-refractivity contribution in [3.8, 4) is 0 Å². The molecule has 0 bridgehead atoms. The van der Waals surface area contributed by atoms with Gasteiger partial charge in [-0.15, -0.1) is 0 Å². The quantitative estimate of drug-likeness (QED) is 0.604. The Labute approximate surface area is 149 Å². The first-order valence-corrected chi connectivity index (χ1v) is 9.11. The van der Waals surface area contributed by atoms with Gasteiger partial charge in [0.05, 0.1) is 0 Å². The van der Waals surface area contributed by atoms with Gasteiger partial charge in [-0.05, 0) is 55.5 Å². The zero-order valence-electron chi connectivity index (χ0n) is 15.2. The number of benzene rings is 2. The highest BCUT2D eigenvalue weighted by Crippen LogP contribution is 2.42. The number of amides is 1. The lowest BCUT2D eigenvalue weighted by Crippen LogP contribution is -2.48. The van der Waals surface area contributed by atoms with E-state index in [1.807, 2.05) is 25.7 Å². The van der Waals surface area contributed by atoms with E-state index < -0.39 is 5.60 Å². The highest BCUT2D eigenvalue weighted by Gasteiger charge is 2.39. The number of hydrogen-bond acceptors (Lipinski definition) is 2. The van der Waals surface area contributed by atoms with E-state index in [1.54, 1.807) is 0 Å². The van der Waals surface area contributed by atoms with Crippen molar-refractivity contribution in [1.29, 1.82) is 0 Å². The fourth-order valence-corrected chi connectivity index (χ4v) is 4.15. The van der Waals surface area contributed by atoms with Crippen LogP contribution < -0.4 is 0 Å². The van der Waals surface area contributed by atoms with Gasteiger partial charge in [-0.2, -0.15) is 0 Å². The molecule has 0 unspecified atom stereocenters. The van der Waals surface area contributed by atoms with Gasteiger partial charge in [0.25, 0.3) is 0 Å². The topological polar surface area (TPSA) is 29.5 Å². The van der Waals surface area contributed by atoms with Crippen molar-refractivity contribution in [2.75, 3.05) is 0 Å². The fraction of sp³-hybridized carbons (Fsp3) is 0.409. The van der Waals surface area contributed by atoms with E-state index in [-0.39, 0.29) is 18.1 Å². The van der Waals surface area contributed by atoms with Crippen LogP contribution in [0.5, 0.6) is 0 Å². The van der Waals surface area contributed by atoms with Crippen LogP contribution in [0.1, 0.15) is 50.7 Å². The standard InChI is InChI=1S/C22H25NO2/c1-22(2,3)25-21(24)23-14-16-13-12-15-8-4-5-9-17(15)20(16)18-10-6-7-11-19(18)23/h4-6,8-10,12-13,18-19H,7,11,14H2,1-3H3/t18-,19+/m1/s1. The number of rotatable bonds is 0. The number of allylic oxidation sites excluding steroid dienone is 1. The molecule has 25 heavy (non-hydrogen) atoms. The Balaban J connectivity index is 1.80. The van der Waals surface area contributed by atoms with Crippen LogP contribution in [0, 0.1) is 0 Å². The summed E-state index contributed by atoms with van der Waals surface area (Å²) >= 11 is 0. The third kappa shape index (κ3) is 2.92. The summed E-state index contributed by atoms with van der Waals surface area (Å²) in [6.45, 7) is 6.40. The van der Waals surface area contributed by atoms with E-state index in [9.17, 15) is 4.79 Å². The van der Waals surface area contributed by atoms with Gasteiger partial charge in [0.2, 0.25) is 0 Å². The Morgan fingerprint density at radius 1 is 1.16 bits per heavy atom. The molecule has 3 heteroatoms. The second-order valence-corrected chi connectivity index (χ2v) is 8.07. The van der Waals surface area contributed by atoms with Crippen molar-refractivity contribution >= 4 is 16.9 Å². The lowest BCUT2D eigenvalue weighted by atomic mass is 9.76. The van der Waals surface area contributed by atoms with Crippen LogP contribution in [0.3, 0.4) is 0 Å². The van der Waals surface area contributed by atoms with E-state index in [0.717, 1.165) is 12.8 Å². The summed E-state index contributed by atoms with van der Waals surface area (Å²) in [7, 11) is 0. The molecule has 2 aliphatic rings. The maximum atomic E-state index is 12.8. The summed E-state index contributed by atoms with van der Waals surface area (Å²) in [4.78, 5) is 14.8. The molecule has 0 radical (unpaired) electrons. The number of carbonyl (C=O) groups is 1. The van der Waals surface area contributed by atoms with Crippen molar-refractivity contribution in [3.63, 3.8) is 0 Å². The van der Waals surface area contributed by atoms with E-state index in [0.29, 0.717) is 6.54 Å². The fourth-order valence-electron chi connectivity index (χ4n) is 4.15. The summed E-state index contributed by atoms with van der Waals surface area (Å²) < 4.78 is 5.69. The molecule has 0 saturated carbocycles. The minimum Gasteiger partial charge on any atom is -0.444 e. The van der Waals surface area contributed by atoms with Gasteiger partial charge in [0.15, 0.2) is 0 Å². The molecular weight excluding hydrogens is 310 g/mol. The third-order valence-electron chi connectivity index (χ3n) is 5.15. The first-order valence-electron chi connectivity index (χ1n) is 9.11. The smallest absolute Gasteiger partial charge is 0.410 e. The van der Waals surface area contributed by atoms with Crippen molar-refractivity contribution in [3.05, 3.63) is 59.7 Å².